The maximum absolute atomic E-state index is 14.5. The molecule has 230 valence electrons. The van der Waals surface area contributed by atoms with Gasteiger partial charge in [-0.2, -0.15) is 5.10 Å². The van der Waals surface area contributed by atoms with Crippen molar-refractivity contribution in [3.8, 4) is 16.9 Å². The zero-order valence-corrected chi connectivity index (χ0v) is 24.9. The second kappa shape index (κ2) is 13.7. The number of nitrogens with one attached hydrogen (secondary N) is 5. The lowest BCUT2D eigenvalue weighted by atomic mass is 9.99. The van der Waals surface area contributed by atoms with Crippen LogP contribution < -0.4 is 21.3 Å². The third kappa shape index (κ3) is 7.06. The Kier molecular flexibility index (Phi) is 9.56. The van der Waals surface area contributed by atoms with Crippen LogP contribution in [0.15, 0.2) is 55.0 Å². The number of H-pyrrole nitrogens is 1. The molecule has 0 spiro atoms. The molecular formula is C30H32ClFN8O4. The molecule has 0 radical (unpaired) electrons. The van der Waals surface area contributed by atoms with Crippen molar-refractivity contribution in [3.63, 3.8) is 0 Å². The number of benzene rings is 2. The van der Waals surface area contributed by atoms with Crippen LogP contribution >= 0.6 is 11.6 Å². The first-order valence-corrected chi connectivity index (χ1v) is 14.5. The second-order valence-corrected chi connectivity index (χ2v) is 10.8. The molecule has 2 atom stereocenters. The van der Waals surface area contributed by atoms with Gasteiger partial charge in [-0.3, -0.25) is 14.9 Å². The van der Waals surface area contributed by atoms with Gasteiger partial charge in [0.25, 0.3) is 5.91 Å². The number of aromatic amines is 1. The van der Waals surface area contributed by atoms with Gasteiger partial charge in [-0.15, -0.1) is 0 Å². The van der Waals surface area contributed by atoms with Crippen LogP contribution in [0.25, 0.3) is 16.9 Å². The zero-order chi connectivity index (χ0) is 31.2. The lowest BCUT2D eigenvalue weighted by molar-refractivity contribution is -0.119. The number of aromatic nitrogens is 4. The highest BCUT2D eigenvalue weighted by Gasteiger charge is 2.24. The smallest absolute Gasteiger partial charge is 0.411 e. The van der Waals surface area contributed by atoms with Gasteiger partial charge >= 0.3 is 6.09 Å². The molecule has 14 heteroatoms. The van der Waals surface area contributed by atoms with Gasteiger partial charge < -0.3 is 25.7 Å². The zero-order valence-electron chi connectivity index (χ0n) is 24.1. The largest absolute Gasteiger partial charge is 0.448 e. The molecule has 2 aromatic heterocycles. The van der Waals surface area contributed by atoms with Crippen LogP contribution in [0.1, 0.15) is 48.4 Å². The number of halogens is 2. The highest BCUT2D eigenvalue weighted by atomic mass is 35.5. The Hall–Kier alpha value is -4.75. The number of rotatable bonds is 7. The van der Waals surface area contributed by atoms with Gasteiger partial charge in [0, 0.05) is 29.9 Å². The van der Waals surface area contributed by atoms with Gasteiger partial charge in [0.15, 0.2) is 5.82 Å². The van der Waals surface area contributed by atoms with Crippen LogP contribution in [0.2, 0.25) is 5.02 Å². The SMILES string of the molecule is CNCCOC(=O)Nc1ccc2c(c1)NC(=O)[C@H](C)CCC[C@H](NC(=O)c1cnn(-c3cccc(Cl)c3F)c1)c1ncc-2[nH]1. The third-order valence-electron chi connectivity index (χ3n) is 7.23. The lowest BCUT2D eigenvalue weighted by Crippen LogP contribution is -2.29. The highest BCUT2D eigenvalue weighted by molar-refractivity contribution is 6.30. The summed E-state index contributed by atoms with van der Waals surface area (Å²) < 4.78 is 20.9. The average Bonchev–Trinajstić information content (AvgIpc) is 3.69. The molecule has 0 fully saturated rings. The number of ether oxygens (including phenoxy) is 1. The highest BCUT2D eigenvalue weighted by Crippen LogP contribution is 2.33. The number of amides is 3. The summed E-state index contributed by atoms with van der Waals surface area (Å²) in [7, 11) is 1.76. The van der Waals surface area contributed by atoms with Gasteiger partial charge in [0.1, 0.15) is 18.1 Å². The van der Waals surface area contributed by atoms with E-state index in [1.54, 1.807) is 37.5 Å². The molecule has 12 nitrogen and oxygen atoms in total. The molecular weight excluding hydrogens is 591 g/mol. The molecule has 3 heterocycles. The maximum Gasteiger partial charge on any atom is 0.411 e. The molecule has 3 amide bonds. The van der Waals surface area contributed by atoms with E-state index in [1.807, 2.05) is 6.92 Å². The van der Waals surface area contributed by atoms with Crippen LogP contribution in [0.4, 0.5) is 20.6 Å². The van der Waals surface area contributed by atoms with E-state index >= 15 is 0 Å². The van der Waals surface area contributed by atoms with Gasteiger partial charge in [-0.25, -0.2) is 18.9 Å². The van der Waals surface area contributed by atoms with Crippen LogP contribution in [-0.2, 0) is 9.53 Å². The van der Waals surface area contributed by atoms with E-state index < -0.39 is 23.9 Å². The van der Waals surface area contributed by atoms with Crippen molar-refractivity contribution in [2.75, 3.05) is 30.8 Å². The average molecular weight is 623 g/mol. The van der Waals surface area contributed by atoms with Crippen molar-refractivity contribution in [3.05, 3.63) is 77.2 Å². The fraction of sp³-hybridized carbons (Fsp3) is 0.300. The number of anilines is 2. The van der Waals surface area contributed by atoms with Crippen molar-refractivity contribution >= 4 is 40.9 Å². The Morgan fingerprint density at radius 1 is 1.20 bits per heavy atom. The normalized spacial score (nSPS) is 16.6. The van der Waals surface area contributed by atoms with Crippen molar-refractivity contribution in [1.82, 2.24) is 30.4 Å². The number of hydrogen-bond donors (Lipinski definition) is 5. The Labute approximate surface area is 257 Å². The van der Waals surface area contributed by atoms with Crippen LogP contribution in [0, 0.1) is 11.7 Å². The molecule has 4 aromatic rings. The Morgan fingerprint density at radius 2 is 2.05 bits per heavy atom. The summed E-state index contributed by atoms with van der Waals surface area (Å²) in [4.78, 5) is 46.4. The summed E-state index contributed by atoms with van der Waals surface area (Å²) in [6.45, 7) is 2.56. The third-order valence-corrected chi connectivity index (χ3v) is 7.52. The number of imidazole rings is 1. The summed E-state index contributed by atoms with van der Waals surface area (Å²) in [6, 6.07) is 9.14. The number of likely N-dealkylation sites (N-methyl/N-ethyl adjacent to an activating group) is 1. The number of nitrogens with zero attached hydrogens (tertiary/aromatic N) is 3. The molecule has 1 aliphatic heterocycles. The first-order chi connectivity index (χ1) is 21.2. The van der Waals surface area contributed by atoms with Crippen LogP contribution in [0.3, 0.4) is 0 Å². The fourth-order valence-electron chi connectivity index (χ4n) is 4.79. The van der Waals surface area contributed by atoms with Crippen LogP contribution in [0.5, 0.6) is 0 Å². The minimum absolute atomic E-state index is 0.0505. The van der Waals surface area contributed by atoms with E-state index in [0.29, 0.717) is 54.3 Å². The number of carbonyl (C=O) groups excluding carboxylic acids is 3. The topological polar surface area (TPSA) is 155 Å². The van der Waals surface area contributed by atoms with Crippen molar-refractivity contribution in [1.29, 1.82) is 0 Å². The Balaban J connectivity index is 1.38. The first kappa shape index (κ1) is 30.7. The van der Waals surface area contributed by atoms with Crippen molar-refractivity contribution in [2.45, 2.75) is 32.2 Å². The molecule has 44 heavy (non-hydrogen) atoms. The Bertz CT molecular complexity index is 1670. The molecule has 0 unspecified atom stereocenters. The first-order valence-electron chi connectivity index (χ1n) is 14.1. The van der Waals surface area contributed by atoms with Crippen LogP contribution in [-0.4, -0.2) is 57.9 Å². The van der Waals surface area contributed by atoms with Gasteiger partial charge in [-0.1, -0.05) is 31.0 Å². The number of carbonyl (C=O) groups is 3. The summed E-state index contributed by atoms with van der Waals surface area (Å²) >= 11 is 5.90. The molecule has 2 bridgehead atoms. The van der Waals surface area contributed by atoms with Crippen molar-refractivity contribution < 1.29 is 23.5 Å². The van der Waals surface area contributed by atoms with Gasteiger partial charge in [-0.05, 0) is 50.2 Å². The van der Waals surface area contributed by atoms with E-state index in [1.165, 1.54) is 29.2 Å². The maximum atomic E-state index is 14.5. The summed E-state index contributed by atoms with van der Waals surface area (Å²) in [5.74, 6) is -1.03. The predicted octanol–water partition coefficient (Wildman–Crippen LogP) is 5.05. The standard InChI is InChI=1S/C30H32ClFN8O4/c1-17-5-3-7-22(38-29(42)18-14-35-40(16-18)25-8-4-6-21(31)26(25)32)27-34-15-24(37-27)20-10-9-19(13-23(20)39-28(17)41)36-30(43)44-12-11-33-2/h4,6,8-10,13-17,22,33H,3,5,7,11-12H2,1-2H3,(H,34,37)(H,36,43)(H,38,42)(H,39,41)/t17-,22+/m1/s1. The molecule has 0 saturated heterocycles. The fourth-order valence-corrected chi connectivity index (χ4v) is 4.96. The lowest BCUT2D eigenvalue weighted by Gasteiger charge is -2.20. The molecule has 0 aliphatic carbocycles. The van der Waals surface area contributed by atoms with Gasteiger partial charge in [0.05, 0.1) is 40.4 Å². The Morgan fingerprint density at radius 3 is 2.86 bits per heavy atom. The van der Waals surface area contributed by atoms with E-state index in [4.69, 9.17) is 16.3 Å². The minimum Gasteiger partial charge on any atom is -0.448 e. The number of fused-ring (bicyclic) bond motifs is 4. The van der Waals surface area contributed by atoms with Crippen molar-refractivity contribution in [2.24, 2.45) is 5.92 Å². The van der Waals surface area contributed by atoms with E-state index in [0.717, 1.165) is 0 Å². The van der Waals surface area contributed by atoms with E-state index in [-0.39, 0.29) is 34.7 Å². The van der Waals surface area contributed by atoms with Gasteiger partial charge in [0.2, 0.25) is 5.91 Å². The molecule has 1 aliphatic rings. The minimum atomic E-state index is -0.641. The molecule has 5 rings (SSSR count). The second-order valence-electron chi connectivity index (χ2n) is 10.4. The number of hydrogen-bond acceptors (Lipinski definition) is 7. The summed E-state index contributed by atoms with van der Waals surface area (Å²) in [5.41, 5.74) is 2.52. The van der Waals surface area contributed by atoms with E-state index in [2.05, 4.69) is 36.3 Å². The molecule has 5 N–H and O–H groups in total. The molecule has 2 aromatic carbocycles. The quantitative estimate of drug-likeness (QED) is 0.181. The predicted molar refractivity (Wildman–Crippen MR) is 163 cm³/mol. The monoisotopic (exact) mass is 622 g/mol. The summed E-state index contributed by atoms with van der Waals surface area (Å²) in [5, 5.41) is 15.6. The van der Waals surface area contributed by atoms with E-state index in [9.17, 15) is 18.8 Å². The molecule has 0 saturated carbocycles. The summed E-state index contributed by atoms with van der Waals surface area (Å²) in [6.07, 6.45) is 5.48.